The van der Waals surface area contributed by atoms with Gasteiger partial charge in [-0.2, -0.15) is 0 Å². The van der Waals surface area contributed by atoms with Gasteiger partial charge in [0.25, 0.3) is 0 Å². The van der Waals surface area contributed by atoms with Crippen molar-refractivity contribution in [1.29, 1.82) is 0 Å². The van der Waals surface area contributed by atoms with E-state index in [1.165, 1.54) is 6.21 Å². The number of hydrogen-bond acceptors (Lipinski definition) is 3. The minimum atomic E-state index is -0.878. The molecular formula is C11H13NO3. The number of benzene rings is 1. The van der Waals surface area contributed by atoms with Crippen molar-refractivity contribution in [1.82, 2.24) is 0 Å². The van der Waals surface area contributed by atoms with Crippen LogP contribution in [0.3, 0.4) is 0 Å². The molecule has 2 N–H and O–H groups in total. The summed E-state index contributed by atoms with van der Waals surface area (Å²) < 4.78 is 0. The molecule has 0 aliphatic carbocycles. The molecule has 0 aromatic heterocycles. The fraction of sp³-hybridized carbons (Fsp3) is 0.273. The van der Waals surface area contributed by atoms with Crippen molar-refractivity contribution in [3.63, 3.8) is 0 Å². The average molecular weight is 207 g/mol. The Balaban J connectivity index is 2.65. The summed E-state index contributed by atoms with van der Waals surface area (Å²) in [5.74, 6) is -0.735. The number of nitrogens with zero attached hydrogens (tertiary/aromatic N) is 1. The number of carbonyl (C=O) groups is 1. The first-order valence-electron chi connectivity index (χ1n) is 4.62. The van der Waals surface area contributed by atoms with E-state index < -0.39 is 5.97 Å². The van der Waals surface area contributed by atoms with Crippen molar-refractivity contribution < 1.29 is 15.0 Å². The zero-order valence-electron chi connectivity index (χ0n) is 8.42. The van der Waals surface area contributed by atoms with Crippen LogP contribution < -0.4 is 0 Å². The molecule has 1 atom stereocenters. The Bertz CT molecular complexity index is 374. The maximum Gasteiger partial charge on any atom is 0.305 e. The zero-order chi connectivity index (χ0) is 11.3. The average Bonchev–Trinajstić information content (AvgIpc) is 2.15. The first-order valence-corrected chi connectivity index (χ1v) is 4.62. The number of aromatic hydroxyl groups is 1. The molecule has 0 aliphatic rings. The van der Waals surface area contributed by atoms with Crippen LogP contribution in [0.15, 0.2) is 29.3 Å². The van der Waals surface area contributed by atoms with Gasteiger partial charge in [-0.15, -0.1) is 0 Å². The molecule has 4 nitrogen and oxygen atoms in total. The molecule has 1 rings (SSSR count). The second-order valence-electron chi connectivity index (χ2n) is 3.28. The van der Waals surface area contributed by atoms with Crippen LogP contribution in [-0.4, -0.2) is 28.4 Å². The lowest BCUT2D eigenvalue weighted by atomic mass is 10.2. The minimum Gasteiger partial charge on any atom is -0.507 e. The fourth-order valence-electron chi connectivity index (χ4n) is 1.11. The van der Waals surface area contributed by atoms with Crippen LogP contribution in [0, 0.1) is 0 Å². The van der Waals surface area contributed by atoms with Crippen LogP contribution in [0.25, 0.3) is 0 Å². The molecule has 0 spiro atoms. The fourth-order valence-corrected chi connectivity index (χ4v) is 1.11. The van der Waals surface area contributed by atoms with Crippen LogP contribution in [0.5, 0.6) is 5.75 Å². The molecule has 0 saturated carbocycles. The third-order valence-electron chi connectivity index (χ3n) is 1.87. The van der Waals surface area contributed by atoms with Gasteiger partial charge < -0.3 is 10.2 Å². The molecular weight excluding hydrogens is 194 g/mol. The lowest BCUT2D eigenvalue weighted by Gasteiger charge is -2.02. The molecule has 1 unspecified atom stereocenters. The molecule has 1 aromatic rings. The number of rotatable bonds is 4. The Morgan fingerprint density at radius 2 is 2.20 bits per heavy atom. The molecule has 0 saturated heterocycles. The normalized spacial score (nSPS) is 12.9. The molecule has 0 bridgehead atoms. The number of aliphatic carboxylic acids is 1. The Hall–Kier alpha value is -1.84. The summed E-state index contributed by atoms with van der Waals surface area (Å²) in [7, 11) is 0. The van der Waals surface area contributed by atoms with E-state index in [0.717, 1.165) is 0 Å². The first-order chi connectivity index (χ1) is 7.09. The minimum absolute atomic E-state index is 0.00983. The third kappa shape index (κ3) is 3.81. The van der Waals surface area contributed by atoms with Crippen molar-refractivity contribution in [2.24, 2.45) is 4.99 Å². The molecule has 0 amide bonds. The topological polar surface area (TPSA) is 69.9 Å². The molecule has 1 aromatic carbocycles. The number of carboxylic acids is 1. The molecule has 0 aliphatic heterocycles. The number of aliphatic imine (C=N–C) groups is 1. The third-order valence-corrected chi connectivity index (χ3v) is 1.87. The molecule has 0 heterocycles. The molecule has 80 valence electrons. The Labute approximate surface area is 87.9 Å². The van der Waals surface area contributed by atoms with E-state index in [0.29, 0.717) is 5.56 Å². The largest absolute Gasteiger partial charge is 0.507 e. The van der Waals surface area contributed by atoms with Gasteiger partial charge in [0.05, 0.1) is 12.5 Å². The monoisotopic (exact) mass is 207 g/mol. The molecule has 0 radical (unpaired) electrons. The number of para-hydroxylation sites is 1. The van der Waals surface area contributed by atoms with Gasteiger partial charge in [-0.1, -0.05) is 12.1 Å². The smallest absolute Gasteiger partial charge is 0.305 e. The van der Waals surface area contributed by atoms with Crippen molar-refractivity contribution >= 4 is 12.2 Å². The Kier molecular flexibility index (Phi) is 3.85. The zero-order valence-corrected chi connectivity index (χ0v) is 8.42. The highest BCUT2D eigenvalue weighted by Crippen LogP contribution is 2.13. The molecule has 4 heteroatoms. The second-order valence-corrected chi connectivity index (χ2v) is 3.28. The van der Waals surface area contributed by atoms with E-state index in [2.05, 4.69) is 4.99 Å². The van der Waals surface area contributed by atoms with Crippen LogP contribution >= 0.6 is 0 Å². The maximum absolute atomic E-state index is 10.4. The van der Waals surface area contributed by atoms with Gasteiger partial charge in [0.1, 0.15) is 5.75 Å². The first kappa shape index (κ1) is 11.2. The van der Waals surface area contributed by atoms with Gasteiger partial charge in [-0.3, -0.25) is 9.79 Å². The summed E-state index contributed by atoms with van der Waals surface area (Å²) in [6.07, 6.45) is 1.48. The van der Waals surface area contributed by atoms with Crippen molar-refractivity contribution in [3.05, 3.63) is 29.8 Å². The van der Waals surface area contributed by atoms with Gasteiger partial charge in [-0.25, -0.2) is 0 Å². The summed E-state index contributed by atoms with van der Waals surface area (Å²) in [5.41, 5.74) is 0.592. The van der Waals surface area contributed by atoms with E-state index in [1.807, 2.05) is 0 Å². The SMILES string of the molecule is CC(CC(=O)O)N=Cc1ccccc1O. The van der Waals surface area contributed by atoms with Gasteiger partial charge in [0.2, 0.25) is 0 Å². The van der Waals surface area contributed by atoms with E-state index in [-0.39, 0.29) is 18.2 Å². The molecule has 15 heavy (non-hydrogen) atoms. The van der Waals surface area contributed by atoms with Crippen molar-refractivity contribution in [2.75, 3.05) is 0 Å². The summed E-state index contributed by atoms with van der Waals surface area (Å²) in [6, 6.07) is 6.48. The lowest BCUT2D eigenvalue weighted by Crippen LogP contribution is -2.07. The van der Waals surface area contributed by atoms with E-state index in [1.54, 1.807) is 31.2 Å². The highest BCUT2D eigenvalue weighted by Gasteiger charge is 2.04. The Morgan fingerprint density at radius 3 is 2.80 bits per heavy atom. The Morgan fingerprint density at radius 1 is 1.53 bits per heavy atom. The van der Waals surface area contributed by atoms with Gasteiger partial charge in [-0.05, 0) is 19.1 Å². The van der Waals surface area contributed by atoms with E-state index in [9.17, 15) is 9.90 Å². The quantitative estimate of drug-likeness (QED) is 0.738. The van der Waals surface area contributed by atoms with Crippen LogP contribution in [0.2, 0.25) is 0 Å². The number of carboxylic acid groups (broad SMARTS) is 1. The standard InChI is InChI=1S/C11H13NO3/c1-8(6-11(14)15)12-7-9-4-2-3-5-10(9)13/h2-5,7-8,13H,6H2,1H3,(H,14,15). The second kappa shape index (κ2) is 5.14. The van der Waals surface area contributed by atoms with Crippen LogP contribution in [-0.2, 0) is 4.79 Å². The number of phenols is 1. The van der Waals surface area contributed by atoms with Crippen LogP contribution in [0.4, 0.5) is 0 Å². The van der Waals surface area contributed by atoms with E-state index >= 15 is 0 Å². The number of phenolic OH excluding ortho intramolecular Hbond substituents is 1. The summed E-state index contributed by atoms with van der Waals surface area (Å²) in [4.78, 5) is 14.4. The van der Waals surface area contributed by atoms with Crippen molar-refractivity contribution in [2.45, 2.75) is 19.4 Å². The summed E-state index contributed by atoms with van der Waals surface area (Å²) in [5, 5.41) is 17.9. The van der Waals surface area contributed by atoms with Gasteiger partial charge in [0, 0.05) is 11.8 Å². The summed E-state index contributed by atoms with van der Waals surface area (Å²) >= 11 is 0. The highest BCUT2D eigenvalue weighted by molar-refractivity contribution is 5.83. The maximum atomic E-state index is 10.4. The van der Waals surface area contributed by atoms with Gasteiger partial charge >= 0.3 is 5.97 Å². The lowest BCUT2D eigenvalue weighted by molar-refractivity contribution is -0.137. The van der Waals surface area contributed by atoms with E-state index in [4.69, 9.17) is 5.11 Å². The number of hydrogen-bond donors (Lipinski definition) is 2. The predicted octanol–water partition coefficient (Wildman–Crippen LogP) is 1.67. The summed E-state index contributed by atoms with van der Waals surface area (Å²) in [6.45, 7) is 1.71. The van der Waals surface area contributed by atoms with Crippen LogP contribution in [0.1, 0.15) is 18.9 Å². The predicted molar refractivity (Wildman–Crippen MR) is 57.4 cm³/mol. The van der Waals surface area contributed by atoms with Gasteiger partial charge in [0.15, 0.2) is 0 Å². The van der Waals surface area contributed by atoms with Crippen molar-refractivity contribution in [3.8, 4) is 5.75 Å². The highest BCUT2D eigenvalue weighted by atomic mass is 16.4. The molecule has 0 fully saturated rings.